The number of nitrogens with one attached hydrogen (secondary N) is 2. The fraction of sp³-hybridized carbons (Fsp3) is 0.824. The molecule has 0 aromatic carbocycles. The SMILES string of the molecule is CC1CCCCC12NC(=O)N(CC(=O)NC1CCC(N)CC1)C2=O.Cl. The number of carbonyl (C=O) groups excluding carboxylic acids is 3. The molecule has 1 spiro atoms. The zero-order valence-electron chi connectivity index (χ0n) is 14.8. The molecule has 4 amide bonds. The third-order valence-corrected chi connectivity index (χ3v) is 5.94. The van der Waals surface area contributed by atoms with E-state index in [4.69, 9.17) is 5.73 Å². The number of carbonyl (C=O) groups is 3. The average Bonchev–Trinajstić information content (AvgIpc) is 2.78. The minimum atomic E-state index is -0.798. The lowest BCUT2D eigenvalue weighted by Crippen LogP contribution is -2.54. The van der Waals surface area contributed by atoms with E-state index < -0.39 is 11.6 Å². The second kappa shape index (κ2) is 7.91. The molecule has 8 heteroatoms. The highest BCUT2D eigenvalue weighted by Crippen LogP contribution is 2.38. The third kappa shape index (κ3) is 3.92. The molecule has 0 radical (unpaired) electrons. The summed E-state index contributed by atoms with van der Waals surface area (Å²) in [6.07, 6.45) is 7.10. The van der Waals surface area contributed by atoms with Gasteiger partial charge in [0.1, 0.15) is 12.1 Å². The fourth-order valence-electron chi connectivity index (χ4n) is 4.32. The monoisotopic (exact) mass is 372 g/mol. The van der Waals surface area contributed by atoms with Gasteiger partial charge in [-0.2, -0.15) is 0 Å². The smallest absolute Gasteiger partial charge is 0.325 e. The van der Waals surface area contributed by atoms with E-state index >= 15 is 0 Å². The highest BCUT2D eigenvalue weighted by molar-refractivity contribution is 6.09. The molecule has 3 aliphatic rings. The van der Waals surface area contributed by atoms with E-state index in [-0.39, 0.29) is 48.8 Å². The van der Waals surface area contributed by atoms with Crippen molar-refractivity contribution in [3.8, 4) is 0 Å². The number of imide groups is 1. The van der Waals surface area contributed by atoms with Crippen LogP contribution in [-0.2, 0) is 9.59 Å². The summed E-state index contributed by atoms with van der Waals surface area (Å²) >= 11 is 0. The van der Waals surface area contributed by atoms with Crippen LogP contribution in [0.5, 0.6) is 0 Å². The highest BCUT2D eigenvalue weighted by atomic mass is 35.5. The summed E-state index contributed by atoms with van der Waals surface area (Å²) in [5.74, 6) is -0.393. The van der Waals surface area contributed by atoms with Crippen LogP contribution in [0.1, 0.15) is 58.3 Å². The number of hydrogen-bond donors (Lipinski definition) is 3. The Balaban J connectivity index is 0.00000225. The standard InChI is InChI=1S/C17H28N4O3.ClH/c1-11-4-2-3-9-17(11)15(23)21(16(24)20-17)10-14(22)19-13-7-5-12(18)6-8-13;/h11-13H,2-10,18H2,1H3,(H,19,22)(H,20,24);1H. The van der Waals surface area contributed by atoms with Crippen molar-refractivity contribution in [2.75, 3.05) is 6.54 Å². The van der Waals surface area contributed by atoms with Crippen LogP contribution in [0.4, 0.5) is 4.79 Å². The van der Waals surface area contributed by atoms with Crippen LogP contribution in [-0.4, -0.2) is 46.9 Å². The maximum Gasteiger partial charge on any atom is 0.325 e. The Morgan fingerprint density at radius 1 is 1.24 bits per heavy atom. The normalized spacial score (nSPS) is 35.3. The number of nitrogens with zero attached hydrogens (tertiary/aromatic N) is 1. The van der Waals surface area contributed by atoms with Gasteiger partial charge in [-0.1, -0.05) is 19.8 Å². The summed E-state index contributed by atoms with van der Waals surface area (Å²) in [7, 11) is 0. The molecular weight excluding hydrogens is 344 g/mol. The zero-order valence-corrected chi connectivity index (χ0v) is 15.6. The van der Waals surface area contributed by atoms with Crippen molar-refractivity contribution < 1.29 is 14.4 Å². The Labute approximate surface area is 154 Å². The van der Waals surface area contributed by atoms with Crippen LogP contribution >= 0.6 is 12.4 Å². The fourth-order valence-corrected chi connectivity index (χ4v) is 4.32. The van der Waals surface area contributed by atoms with Gasteiger partial charge in [0, 0.05) is 12.1 Å². The first-order chi connectivity index (χ1) is 11.4. The minimum Gasteiger partial charge on any atom is -0.352 e. The van der Waals surface area contributed by atoms with Crippen molar-refractivity contribution in [2.24, 2.45) is 11.7 Å². The van der Waals surface area contributed by atoms with Crippen molar-refractivity contribution in [2.45, 2.75) is 75.9 Å². The van der Waals surface area contributed by atoms with Gasteiger partial charge in [0.2, 0.25) is 5.91 Å². The van der Waals surface area contributed by atoms with E-state index in [0.717, 1.165) is 49.8 Å². The Morgan fingerprint density at radius 3 is 2.56 bits per heavy atom. The van der Waals surface area contributed by atoms with E-state index in [1.165, 1.54) is 0 Å². The number of halogens is 1. The molecule has 4 N–H and O–H groups in total. The van der Waals surface area contributed by atoms with Crippen molar-refractivity contribution in [1.82, 2.24) is 15.5 Å². The van der Waals surface area contributed by atoms with E-state index in [9.17, 15) is 14.4 Å². The molecule has 3 rings (SSSR count). The Bertz CT molecular complexity index is 536. The van der Waals surface area contributed by atoms with Gasteiger partial charge < -0.3 is 16.4 Å². The zero-order chi connectivity index (χ0) is 17.3. The van der Waals surface area contributed by atoms with E-state index in [0.29, 0.717) is 6.42 Å². The molecule has 2 aliphatic carbocycles. The maximum atomic E-state index is 12.8. The van der Waals surface area contributed by atoms with Crippen LogP contribution in [0.2, 0.25) is 0 Å². The van der Waals surface area contributed by atoms with Crippen LogP contribution in [0.3, 0.4) is 0 Å². The highest BCUT2D eigenvalue weighted by Gasteiger charge is 2.55. The quantitative estimate of drug-likeness (QED) is 0.649. The largest absolute Gasteiger partial charge is 0.352 e. The average molecular weight is 373 g/mol. The summed E-state index contributed by atoms with van der Waals surface area (Å²) in [6.45, 7) is 1.81. The molecule has 2 saturated carbocycles. The molecule has 1 aliphatic heterocycles. The molecule has 2 unspecified atom stereocenters. The molecular formula is C17H29ClN4O3. The molecule has 3 fully saturated rings. The molecule has 0 aromatic rings. The van der Waals surface area contributed by atoms with Gasteiger partial charge >= 0.3 is 6.03 Å². The molecule has 2 atom stereocenters. The number of amides is 4. The first kappa shape index (κ1) is 20.0. The van der Waals surface area contributed by atoms with Crippen LogP contribution in [0.15, 0.2) is 0 Å². The van der Waals surface area contributed by atoms with Gasteiger partial charge in [0.15, 0.2) is 0 Å². The molecule has 1 heterocycles. The summed E-state index contributed by atoms with van der Waals surface area (Å²) in [5, 5.41) is 5.82. The summed E-state index contributed by atoms with van der Waals surface area (Å²) in [4.78, 5) is 38.5. The molecule has 1 saturated heterocycles. The first-order valence-corrected chi connectivity index (χ1v) is 9.11. The minimum absolute atomic E-state index is 0. The summed E-state index contributed by atoms with van der Waals surface area (Å²) < 4.78 is 0. The van der Waals surface area contributed by atoms with Gasteiger partial charge in [-0.3, -0.25) is 14.5 Å². The lowest BCUT2D eigenvalue weighted by molar-refractivity contribution is -0.137. The van der Waals surface area contributed by atoms with Crippen molar-refractivity contribution in [3.05, 3.63) is 0 Å². The molecule has 25 heavy (non-hydrogen) atoms. The number of urea groups is 1. The van der Waals surface area contributed by atoms with Gasteiger partial charge in [-0.05, 0) is 44.4 Å². The molecule has 0 aromatic heterocycles. The first-order valence-electron chi connectivity index (χ1n) is 9.11. The van der Waals surface area contributed by atoms with Crippen molar-refractivity contribution in [3.63, 3.8) is 0 Å². The summed E-state index contributed by atoms with van der Waals surface area (Å²) in [5.41, 5.74) is 5.07. The van der Waals surface area contributed by atoms with Gasteiger partial charge in [0.05, 0.1) is 0 Å². The predicted octanol–water partition coefficient (Wildman–Crippen LogP) is 1.29. The maximum absolute atomic E-state index is 12.8. The van der Waals surface area contributed by atoms with Crippen molar-refractivity contribution in [1.29, 1.82) is 0 Å². The lowest BCUT2D eigenvalue weighted by Gasteiger charge is -2.36. The lowest BCUT2D eigenvalue weighted by atomic mass is 9.73. The Kier molecular flexibility index (Phi) is 6.32. The van der Waals surface area contributed by atoms with Gasteiger partial charge in [0.25, 0.3) is 5.91 Å². The van der Waals surface area contributed by atoms with Gasteiger partial charge in [-0.25, -0.2) is 4.79 Å². The van der Waals surface area contributed by atoms with E-state index in [1.807, 2.05) is 6.92 Å². The van der Waals surface area contributed by atoms with Crippen LogP contribution in [0, 0.1) is 5.92 Å². The Morgan fingerprint density at radius 2 is 1.92 bits per heavy atom. The number of nitrogens with two attached hydrogens (primary N) is 1. The van der Waals surface area contributed by atoms with E-state index in [1.54, 1.807) is 0 Å². The molecule has 7 nitrogen and oxygen atoms in total. The second-order valence-electron chi connectivity index (χ2n) is 7.62. The molecule has 142 valence electrons. The second-order valence-corrected chi connectivity index (χ2v) is 7.62. The third-order valence-electron chi connectivity index (χ3n) is 5.94. The van der Waals surface area contributed by atoms with E-state index in [2.05, 4.69) is 10.6 Å². The topological polar surface area (TPSA) is 105 Å². The summed E-state index contributed by atoms with van der Waals surface area (Å²) in [6, 6.07) is -0.119. The van der Waals surface area contributed by atoms with Crippen LogP contribution in [0.25, 0.3) is 0 Å². The number of rotatable bonds is 3. The number of hydrogen-bond acceptors (Lipinski definition) is 4. The van der Waals surface area contributed by atoms with Gasteiger partial charge in [-0.15, -0.1) is 12.4 Å². The van der Waals surface area contributed by atoms with Crippen molar-refractivity contribution >= 4 is 30.3 Å². The molecule has 0 bridgehead atoms. The predicted molar refractivity (Wildman–Crippen MR) is 96.2 cm³/mol. The van der Waals surface area contributed by atoms with Crippen LogP contribution < -0.4 is 16.4 Å². The Hall–Kier alpha value is -1.34.